The lowest BCUT2D eigenvalue weighted by atomic mass is 9.91. The van der Waals surface area contributed by atoms with Crippen molar-refractivity contribution in [3.63, 3.8) is 0 Å². The van der Waals surface area contributed by atoms with E-state index in [0.29, 0.717) is 0 Å². The van der Waals surface area contributed by atoms with Crippen LogP contribution in [0.2, 0.25) is 0 Å². The summed E-state index contributed by atoms with van der Waals surface area (Å²) in [6, 6.07) is 10.7. The van der Waals surface area contributed by atoms with Crippen LogP contribution in [-0.4, -0.2) is 30.6 Å². The first-order valence-corrected chi connectivity index (χ1v) is 7.47. The smallest absolute Gasteiger partial charge is 0.118 e. The van der Waals surface area contributed by atoms with Gasteiger partial charge in [-0.2, -0.15) is 5.26 Å². The van der Waals surface area contributed by atoms with E-state index in [-0.39, 0.29) is 5.54 Å². The Kier molecular flexibility index (Phi) is 5.03. The molecule has 0 saturated carbocycles. The maximum absolute atomic E-state index is 9.59. The molecule has 0 radical (unpaired) electrons. The molecule has 1 aromatic rings. The van der Waals surface area contributed by atoms with Crippen LogP contribution in [0, 0.1) is 11.3 Å². The molecule has 0 spiro atoms. The molecule has 1 aromatic carbocycles. The number of ether oxygens (including phenoxy) is 1. The molecule has 108 valence electrons. The highest BCUT2D eigenvalue weighted by Crippen LogP contribution is 2.25. The normalized spacial score (nSPS) is 19.1. The molecular formula is C17H24N2O. The molecule has 1 aliphatic rings. The molecule has 0 amide bonds. The molecule has 1 unspecified atom stereocenters. The fourth-order valence-corrected chi connectivity index (χ4v) is 2.85. The van der Waals surface area contributed by atoms with Gasteiger partial charge in [0.15, 0.2) is 0 Å². The second-order valence-electron chi connectivity index (χ2n) is 5.78. The third kappa shape index (κ3) is 3.52. The second kappa shape index (κ2) is 6.76. The first kappa shape index (κ1) is 14.9. The minimum absolute atomic E-state index is 0.333. The van der Waals surface area contributed by atoms with Crippen molar-refractivity contribution in [2.45, 2.75) is 44.6 Å². The molecule has 0 aromatic heterocycles. The van der Waals surface area contributed by atoms with Crippen molar-refractivity contribution in [3.8, 4) is 11.8 Å². The van der Waals surface area contributed by atoms with E-state index in [1.54, 1.807) is 7.11 Å². The van der Waals surface area contributed by atoms with Crippen molar-refractivity contribution in [3.05, 3.63) is 29.8 Å². The molecule has 20 heavy (non-hydrogen) atoms. The van der Waals surface area contributed by atoms with Crippen LogP contribution < -0.4 is 4.74 Å². The predicted octanol–water partition coefficient (Wildman–Crippen LogP) is 3.40. The summed E-state index contributed by atoms with van der Waals surface area (Å²) in [4.78, 5) is 2.36. The number of hydrogen-bond donors (Lipinski definition) is 0. The van der Waals surface area contributed by atoms with Gasteiger partial charge in [-0.05, 0) is 63.4 Å². The Hall–Kier alpha value is -1.53. The van der Waals surface area contributed by atoms with Crippen LogP contribution in [0.3, 0.4) is 0 Å². The minimum Gasteiger partial charge on any atom is -0.497 e. The summed E-state index contributed by atoms with van der Waals surface area (Å²) >= 11 is 0. The summed E-state index contributed by atoms with van der Waals surface area (Å²) in [7, 11) is 1.68. The Morgan fingerprint density at radius 2 is 1.85 bits per heavy atom. The summed E-state index contributed by atoms with van der Waals surface area (Å²) in [6.07, 6.45) is 5.57. The zero-order valence-electron chi connectivity index (χ0n) is 12.6. The van der Waals surface area contributed by atoms with Crippen LogP contribution in [-0.2, 0) is 6.42 Å². The Labute approximate surface area is 122 Å². The van der Waals surface area contributed by atoms with Crippen molar-refractivity contribution in [2.75, 3.05) is 20.2 Å². The number of aryl methyl sites for hydroxylation is 1. The van der Waals surface area contributed by atoms with Crippen molar-refractivity contribution in [2.24, 2.45) is 0 Å². The minimum atomic E-state index is -0.333. The predicted molar refractivity (Wildman–Crippen MR) is 80.8 cm³/mol. The Morgan fingerprint density at radius 1 is 1.20 bits per heavy atom. The van der Waals surface area contributed by atoms with Crippen molar-refractivity contribution in [1.82, 2.24) is 4.90 Å². The van der Waals surface area contributed by atoms with Gasteiger partial charge in [0.1, 0.15) is 11.3 Å². The number of nitriles is 1. The quantitative estimate of drug-likeness (QED) is 0.824. The monoisotopic (exact) mass is 272 g/mol. The highest BCUT2D eigenvalue weighted by Gasteiger charge is 2.32. The van der Waals surface area contributed by atoms with Gasteiger partial charge in [-0.1, -0.05) is 18.6 Å². The average Bonchev–Trinajstić information content (AvgIpc) is 2.54. The molecule has 0 bridgehead atoms. The number of methoxy groups -OCH3 is 1. The molecular weight excluding hydrogens is 248 g/mol. The van der Waals surface area contributed by atoms with Gasteiger partial charge in [-0.15, -0.1) is 0 Å². The summed E-state index contributed by atoms with van der Waals surface area (Å²) in [6.45, 7) is 4.21. The third-order valence-corrected chi connectivity index (χ3v) is 4.35. The van der Waals surface area contributed by atoms with E-state index in [1.165, 1.54) is 24.8 Å². The number of rotatable bonds is 5. The fraction of sp³-hybridized carbons (Fsp3) is 0.588. The topological polar surface area (TPSA) is 36.3 Å². The molecule has 2 rings (SSSR count). The van der Waals surface area contributed by atoms with Gasteiger partial charge in [0, 0.05) is 0 Å². The number of nitrogens with zero attached hydrogens (tertiary/aromatic N) is 2. The third-order valence-electron chi connectivity index (χ3n) is 4.35. The lowest BCUT2D eigenvalue weighted by Crippen LogP contribution is -2.48. The number of likely N-dealkylation sites (tertiary alicyclic amines) is 1. The molecule has 1 heterocycles. The van der Waals surface area contributed by atoms with E-state index < -0.39 is 0 Å². The van der Waals surface area contributed by atoms with Gasteiger partial charge in [-0.3, -0.25) is 4.90 Å². The molecule has 1 fully saturated rings. The molecule has 3 nitrogen and oxygen atoms in total. The van der Waals surface area contributed by atoms with E-state index in [2.05, 4.69) is 30.0 Å². The molecule has 1 saturated heterocycles. The van der Waals surface area contributed by atoms with Gasteiger partial charge < -0.3 is 4.74 Å². The van der Waals surface area contributed by atoms with E-state index >= 15 is 0 Å². The molecule has 0 N–H and O–H groups in total. The standard InChI is InChI=1S/C17H24N2O/c1-17(14-18,19-12-4-3-5-13-19)11-10-15-6-8-16(20-2)9-7-15/h6-9H,3-5,10-13H2,1-2H3. The van der Waals surface area contributed by atoms with Crippen molar-refractivity contribution >= 4 is 0 Å². The van der Waals surface area contributed by atoms with Gasteiger partial charge in [0.05, 0.1) is 13.2 Å². The highest BCUT2D eigenvalue weighted by molar-refractivity contribution is 5.27. The largest absolute Gasteiger partial charge is 0.497 e. The van der Waals surface area contributed by atoms with Crippen LogP contribution in [0.5, 0.6) is 5.75 Å². The van der Waals surface area contributed by atoms with Gasteiger partial charge in [0.2, 0.25) is 0 Å². The van der Waals surface area contributed by atoms with E-state index in [0.717, 1.165) is 31.7 Å². The Balaban J connectivity index is 1.96. The molecule has 0 aliphatic carbocycles. The first-order valence-electron chi connectivity index (χ1n) is 7.47. The van der Waals surface area contributed by atoms with Crippen molar-refractivity contribution < 1.29 is 4.74 Å². The van der Waals surface area contributed by atoms with Gasteiger partial charge in [-0.25, -0.2) is 0 Å². The number of hydrogen-bond acceptors (Lipinski definition) is 3. The zero-order valence-corrected chi connectivity index (χ0v) is 12.6. The summed E-state index contributed by atoms with van der Waals surface area (Å²) in [5.74, 6) is 0.882. The maximum Gasteiger partial charge on any atom is 0.118 e. The van der Waals surface area contributed by atoms with E-state index in [4.69, 9.17) is 4.74 Å². The van der Waals surface area contributed by atoms with E-state index in [1.807, 2.05) is 12.1 Å². The zero-order chi connectivity index (χ0) is 14.4. The first-order chi connectivity index (χ1) is 9.68. The Morgan fingerprint density at radius 3 is 2.40 bits per heavy atom. The van der Waals surface area contributed by atoms with Crippen LogP contribution in [0.15, 0.2) is 24.3 Å². The van der Waals surface area contributed by atoms with Crippen LogP contribution >= 0.6 is 0 Å². The number of piperidine rings is 1. The lowest BCUT2D eigenvalue weighted by molar-refractivity contribution is 0.117. The van der Waals surface area contributed by atoms with Crippen molar-refractivity contribution in [1.29, 1.82) is 5.26 Å². The Bertz CT molecular complexity index is 457. The van der Waals surface area contributed by atoms with Gasteiger partial charge in [0.25, 0.3) is 0 Å². The number of benzene rings is 1. The van der Waals surface area contributed by atoms with Crippen LogP contribution in [0.1, 0.15) is 38.2 Å². The lowest BCUT2D eigenvalue weighted by Gasteiger charge is -2.38. The average molecular weight is 272 g/mol. The summed E-state index contributed by atoms with van der Waals surface area (Å²) in [5.41, 5.74) is 0.935. The van der Waals surface area contributed by atoms with Crippen LogP contribution in [0.25, 0.3) is 0 Å². The summed E-state index contributed by atoms with van der Waals surface area (Å²) < 4.78 is 5.17. The summed E-state index contributed by atoms with van der Waals surface area (Å²) in [5, 5.41) is 9.59. The molecule has 3 heteroatoms. The molecule has 1 atom stereocenters. The fourth-order valence-electron chi connectivity index (χ4n) is 2.85. The second-order valence-corrected chi connectivity index (χ2v) is 5.78. The maximum atomic E-state index is 9.59. The molecule has 1 aliphatic heterocycles. The van der Waals surface area contributed by atoms with Gasteiger partial charge >= 0.3 is 0 Å². The SMILES string of the molecule is COc1ccc(CCC(C)(C#N)N2CCCCC2)cc1. The van der Waals surface area contributed by atoms with Crippen LogP contribution in [0.4, 0.5) is 0 Å². The highest BCUT2D eigenvalue weighted by atomic mass is 16.5. The van der Waals surface area contributed by atoms with E-state index in [9.17, 15) is 5.26 Å².